The monoisotopic (exact) mass is 336 g/mol. The molecule has 0 aliphatic carbocycles. The molecule has 3 rings (SSSR count). The molecule has 1 saturated heterocycles. The minimum atomic E-state index is -0.446. The summed E-state index contributed by atoms with van der Waals surface area (Å²) in [5.74, 6) is -0.114. The fraction of sp³-hybridized carbons (Fsp3) is 0.250. The first-order chi connectivity index (χ1) is 12.1. The molecule has 2 aromatic rings. The molecule has 2 aromatic carbocycles. The van der Waals surface area contributed by atoms with Crippen LogP contribution in [0.4, 0.5) is 11.4 Å². The highest BCUT2D eigenvalue weighted by molar-refractivity contribution is 6.07. The molecule has 0 bridgehead atoms. The Labute approximate surface area is 146 Å². The van der Waals surface area contributed by atoms with Crippen LogP contribution in [0.1, 0.15) is 35.2 Å². The van der Waals surface area contributed by atoms with Crippen LogP contribution in [0.2, 0.25) is 0 Å². The van der Waals surface area contributed by atoms with E-state index in [0.29, 0.717) is 11.1 Å². The average Bonchev–Trinajstić information content (AvgIpc) is 2.67. The number of nitro benzene ring substituents is 1. The third-order valence-corrected chi connectivity index (χ3v) is 4.38. The fourth-order valence-electron chi connectivity index (χ4n) is 3.00. The predicted octanol–water partition coefficient (Wildman–Crippen LogP) is 4.48. The average molecular weight is 336 g/mol. The van der Waals surface area contributed by atoms with Crippen molar-refractivity contribution >= 4 is 23.2 Å². The maximum atomic E-state index is 12.3. The standard InChI is InChI=1S/C20H20N2O3/c23-20(12-7-16-5-4-6-19(15-16)22(24)25)17-8-10-18(11-9-17)21-13-2-1-3-14-21/h4-12,15H,1-3,13-14H2/b12-7+. The van der Waals surface area contributed by atoms with Crippen LogP contribution in [0.5, 0.6) is 0 Å². The summed E-state index contributed by atoms with van der Waals surface area (Å²) < 4.78 is 0. The molecule has 5 nitrogen and oxygen atoms in total. The third-order valence-electron chi connectivity index (χ3n) is 4.38. The first-order valence-electron chi connectivity index (χ1n) is 8.45. The van der Waals surface area contributed by atoms with Crippen LogP contribution in [0.25, 0.3) is 6.08 Å². The number of piperidine rings is 1. The highest BCUT2D eigenvalue weighted by Crippen LogP contribution is 2.21. The maximum absolute atomic E-state index is 12.3. The molecule has 25 heavy (non-hydrogen) atoms. The molecular weight excluding hydrogens is 316 g/mol. The van der Waals surface area contributed by atoms with Gasteiger partial charge in [-0.1, -0.05) is 18.2 Å². The largest absolute Gasteiger partial charge is 0.372 e. The number of non-ortho nitro benzene ring substituents is 1. The number of hydrogen-bond donors (Lipinski definition) is 0. The van der Waals surface area contributed by atoms with Crippen LogP contribution in [0.15, 0.2) is 54.6 Å². The molecule has 0 unspecified atom stereocenters. The van der Waals surface area contributed by atoms with E-state index in [1.165, 1.54) is 37.5 Å². The van der Waals surface area contributed by atoms with Gasteiger partial charge in [-0.2, -0.15) is 0 Å². The number of carbonyl (C=O) groups excluding carboxylic acids is 1. The lowest BCUT2D eigenvalue weighted by Crippen LogP contribution is -2.29. The van der Waals surface area contributed by atoms with Crippen molar-refractivity contribution in [1.82, 2.24) is 0 Å². The summed E-state index contributed by atoms with van der Waals surface area (Å²) in [6, 6.07) is 13.9. The summed E-state index contributed by atoms with van der Waals surface area (Å²) >= 11 is 0. The molecule has 0 aromatic heterocycles. The Hall–Kier alpha value is -2.95. The van der Waals surface area contributed by atoms with Crippen LogP contribution < -0.4 is 4.90 Å². The lowest BCUT2D eigenvalue weighted by atomic mass is 10.1. The van der Waals surface area contributed by atoms with Crippen LogP contribution in [0.3, 0.4) is 0 Å². The van der Waals surface area contributed by atoms with Gasteiger partial charge in [0.1, 0.15) is 0 Å². The second kappa shape index (κ2) is 7.75. The van der Waals surface area contributed by atoms with Gasteiger partial charge in [-0.3, -0.25) is 14.9 Å². The molecule has 0 N–H and O–H groups in total. The molecule has 0 saturated carbocycles. The summed E-state index contributed by atoms with van der Waals surface area (Å²) in [6.07, 6.45) is 6.78. The first kappa shape index (κ1) is 16.9. The number of carbonyl (C=O) groups is 1. The summed E-state index contributed by atoms with van der Waals surface area (Å²) in [5.41, 5.74) is 2.41. The Bertz CT molecular complexity index is 791. The molecule has 128 valence electrons. The summed E-state index contributed by atoms with van der Waals surface area (Å²) in [4.78, 5) is 25.0. The first-order valence-corrected chi connectivity index (χ1v) is 8.45. The Morgan fingerprint density at radius 1 is 1.04 bits per heavy atom. The third kappa shape index (κ3) is 4.32. The van der Waals surface area contributed by atoms with Gasteiger partial charge < -0.3 is 4.90 Å². The van der Waals surface area contributed by atoms with Crippen molar-refractivity contribution in [2.24, 2.45) is 0 Å². The zero-order valence-electron chi connectivity index (χ0n) is 13.9. The Balaban J connectivity index is 1.68. The van der Waals surface area contributed by atoms with Crippen molar-refractivity contribution < 1.29 is 9.72 Å². The number of ketones is 1. The topological polar surface area (TPSA) is 63.4 Å². The van der Waals surface area contributed by atoms with Crippen LogP contribution in [-0.4, -0.2) is 23.8 Å². The van der Waals surface area contributed by atoms with E-state index >= 15 is 0 Å². The van der Waals surface area contributed by atoms with E-state index in [2.05, 4.69) is 4.90 Å². The number of nitrogens with zero attached hydrogens (tertiary/aromatic N) is 2. The van der Waals surface area contributed by atoms with Gasteiger partial charge in [-0.25, -0.2) is 0 Å². The number of nitro groups is 1. The van der Waals surface area contributed by atoms with Gasteiger partial charge in [0.05, 0.1) is 4.92 Å². The maximum Gasteiger partial charge on any atom is 0.270 e. The molecule has 1 fully saturated rings. The molecule has 1 aliphatic heterocycles. The van der Waals surface area contributed by atoms with Crippen LogP contribution >= 0.6 is 0 Å². The summed E-state index contributed by atoms with van der Waals surface area (Å²) in [5, 5.41) is 10.8. The fourth-order valence-corrected chi connectivity index (χ4v) is 3.00. The molecule has 1 heterocycles. The van der Waals surface area contributed by atoms with E-state index in [0.717, 1.165) is 18.8 Å². The molecule has 0 amide bonds. The number of anilines is 1. The van der Waals surface area contributed by atoms with Crippen LogP contribution in [0, 0.1) is 10.1 Å². The summed E-state index contributed by atoms with van der Waals surface area (Å²) in [6.45, 7) is 2.14. The van der Waals surface area contributed by atoms with Gasteiger partial charge in [-0.15, -0.1) is 0 Å². The van der Waals surface area contributed by atoms with E-state index in [4.69, 9.17) is 0 Å². The van der Waals surface area contributed by atoms with Gasteiger partial charge in [-0.05, 0) is 55.2 Å². The highest BCUT2D eigenvalue weighted by Gasteiger charge is 2.11. The van der Waals surface area contributed by atoms with Crippen molar-refractivity contribution in [2.45, 2.75) is 19.3 Å². The van der Waals surface area contributed by atoms with Crippen molar-refractivity contribution in [1.29, 1.82) is 0 Å². The van der Waals surface area contributed by atoms with Gasteiger partial charge in [0.25, 0.3) is 5.69 Å². The molecule has 0 radical (unpaired) electrons. The lowest BCUT2D eigenvalue weighted by Gasteiger charge is -2.28. The highest BCUT2D eigenvalue weighted by atomic mass is 16.6. The normalized spacial score (nSPS) is 14.6. The zero-order valence-corrected chi connectivity index (χ0v) is 13.9. The predicted molar refractivity (Wildman–Crippen MR) is 99.0 cm³/mol. The number of allylic oxidation sites excluding steroid dienone is 1. The summed E-state index contributed by atoms with van der Waals surface area (Å²) in [7, 11) is 0. The van der Waals surface area contributed by atoms with Crippen molar-refractivity contribution in [3.8, 4) is 0 Å². The van der Waals surface area contributed by atoms with Gasteiger partial charge in [0, 0.05) is 36.5 Å². The van der Waals surface area contributed by atoms with Crippen molar-refractivity contribution in [2.75, 3.05) is 18.0 Å². The van der Waals surface area contributed by atoms with Crippen molar-refractivity contribution in [3.05, 3.63) is 75.8 Å². The van der Waals surface area contributed by atoms with E-state index in [1.807, 2.05) is 24.3 Å². The zero-order chi connectivity index (χ0) is 17.6. The molecule has 5 heteroatoms. The Morgan fingerprint density at radius 3 is 2.44 bits per heavy atom. The second-order valence-electron chi connectivity index (χ2n) is 6.14. The van der Waals surface area contributed by atoms with E-state index in [9.17, 15) is 14.9 Å². The molecule has 0 spiro atoms. The molecular formula is C20H20N2O3. The number of hydrogen-bond acceptors (Lipinski definition) is 4. The van der Waals surface area contributed by atoms with E-state index in [1.54, 1.807) is 18.2 Å². The SMILES string of the molecule is O=C(/C=C/c1cccc([N+](=O)[O-])c1)c1ccc(N2CCCCC2)cc1. The molecule has 0 atom stereocenters. The van der Waals surface area contributed by atoms with Crippen molar-refractivity contribution in [3.63, 3.8) is 0 Å². The quantitative estimate of drug-likeness (QED) is 0.349. The van der Waals surface area contributed by atoms with Gasteiger partial charge >= 0.3 is 0 Å². The van der Waals surface area contributed by atoms with Crippen LogP contribution in [-0.2, 0) is 0 Å². The Morgan fingerprint density at radius 2 is 1.76 bits per heavy atom. The molecule has 1 aliphatic rings. The number of rotatable bonds is 5. The van der Waals surface area contributed by atoms with Gasteiger partial charge in [0.15, 0.2) is 5.78 Å². The minimum Gasteiger partial charge on any atom is -0.372 e. The van der Waals surface area contributed by atoms with E-state index < -0.39 is 4.92 Å². The minimum absolute atomic E-state index is 0.0143. The van der Waals surface area contributed by atoms with Gasteiger partial charge in [0.2, 0.25) is 0 Å². The smallest absolute Gasteiger partial charge is 0.270 e. The Kier molecular flexibility index (Phi) is 5.23. The number of benzene rings is 2. The van der Waals surface area contributed by atoms with E-state index in [-0.39, 0.29) is 11.5 Å². The second-order valence-corrected chi connectivity index (χ2v) is 6.14. The lowest BCUT2D eigenvalue weighted by molar-refractivity contribution is -0.384.